The highest BCUT2D eigenvalue weighted by atomic mass is 16.2. The Hall–Kier alpha value is -1.06. The monoisotopic (exact) mass is 226 g/mol. The lowest BCUT2D eigenvalue weighted by Gasteiger charge is -2.34. The third-order valence-electron chi connectivity index (χ3n) is 2.91. The van der Waals surface area contributed by atoms with Crippen molar-refractivity contribution in [2.45, 2.75) is 33.6 Å². The van der Waals surface area contributed by atoms with Crippen molar-refractivity contribution < 1.29 is 9.59 Å². The summed E-state index contributed by atoms with van der Waals surface area (Å²) < 4.78 is 0. The summed E-state index contributed by atoms with van der Waals surface area (Å²) in [6.07, 6.45) is 1.61. The van der Waals surface area contributed by atoms with Crippen molar-refractivity contribution in [2.24, 2.45) is 11.8 Å². The van der Waals surface area contributed by atoms with E-state index in [9.17, 15) is 9.59 Å². The molecule has 1 saturated heterocycles. The smallest absolute Gasteiger partial charge is 0.317 e. The number of rotatable bonds is 3. The van der Waals surface area contributed by atoms with Crippen molar-refractivity contribution in [3.05, 3.63) is 0 Å². The standard InChI is InChI=1S/C12H22N2O2/c1-9-6-10(2)8-14(7-9)12(16)13-5-4-11(3)15/h9-10H,4-8H2,1-3H3,(H,13,16). The summed E-state index contributed by atoms with van der Waals surface area (Å²) >= 11 is 0. The average Bonchev–Trinajstić information content (AvgIpc) is 2.15. The Labute approximate surface area is 97.4 Å². The van der Waals surface area contributed by atoms with Crippen molar-refractivity contribution in [3.63, 3.8) is 0 Å². The molecule has 2 amide bonds. The van der Waals surface area contributed by atoms with Gasteiger partial charge in [-0.25, -0.2) is 4.79 Å². The van der Waals surface area contributed by atoms with E-state index in [1.165, 1.54) is 13.3 Å². The van der Waals surface area contributed by atoms with Crippen molar-refractivity contribution in [3.8, 4) is 0 Å². The Morgan fingerprint density at radius 3 is 2.31 bits per heavy atom. The summed E-state index contributed by atoms with van der Waals surface area (Å²) in [6.45, 7) is 7.99. The molecule has 1 N–H and O–H groups in total. The summed E-state index contributed by atoms with van der Waals surface area (Å²) in [7, 11) is 0. The molecule has 1 aliphatic heterocycles. The van der Waals surface area contributed by atoms with Gasteiger partial charge < -0.3 is 10.2 Å². The van der Waals surface area contributed by atoms with Crippen molar-refractivity contribution in [1.29, 1.82) is 0 Å². The zero-order chi connectivity index (χ0) is 12.1. The van der Waals surface area contributed by atoms with Crippen LogP contribution in [0.25, 0.3) is 0 Å². The van der Waals surface area contributed by atoms with Crippen LogP contribution in [0.1, 0.15) is 33.6 Å². The Morgan fingerprint density at radius 1 is 1.25 bits per heavy atom. The van der Waals surface area contributed by atoms with Crippen LogP contribution in [0.5, 0.6) is 0 Å². The molecule has 1 rings (SSSR count). The number of nitrogens with zero attached hydrogens (tertiary/aromatic N) is 1. The molecule has 2 unspecified atom stereocenters. The van der Waals surface area contributed by atoms with Crippen LogP contribution in [0.2, 0.25) is 0 Å². The van der Waals surface area contributed by atoms with Crippen LogP contribution in [0.15, 0.2) is 0 Å². The number of Topliss-reactive ketones (excluding diaryl/α,β-unsaturated/α-hetero) is 1. The molecule has 0 radical (unpaired) electrons. The predicted molar refractivity (Wildman–Crippen MR) is 63.2 cm³/mol. The highest BCUT2D eigenvalue weighted by Gasteiger charge is 2.24. The fraction of sp³-hybridized carbons (Fsp3) is 0.833. The van der Waals surface area contributed by atoms with Gasteiger partial charge in [0.15, 0.2) is 0 Å². The van der Waals surface area contributed by atoms with Gasteiger partial charge in [0, 0.05) is 26.1 Å². The molecule has 1 heterocycles. The van der Waals surface area contributed by atoms with Gasteiger partial charge in [-0.1, -0.05) is 13.8 Å². The fourth-order valence-corrected chi connectivity index (χ4v) is 2.29. The summed E-state index contributed by atoms with van der Waals surface area (Å²) in [5, 5.41) is 2.79. The van der Waals surface area contributed by atoms with Crippen LogP contribution >= 0.6 is 0 Å². The van der Waals surface area contributed by atoms with E-state index in [4.69, 9.17) is 0 Å². The van der Waals surface area contributed by atoms with E-state index in [1.807, 2.05) is 4.90 Å². The summed E-state index contributed by atoms with van der Waals surface area (Å²) in [5.74, 6) is 1.25. The van der Waals surface area contributed by atoms with Crippen molar-refractivity contribution in [2.75, 3.05) is 19.6 Å². The topological polar surface area (TPSA) is 49.4 Å². The zero-order valence-corrected chi connectivity index (χ0v) is 10.5. The Bertz CT molecular complexity index is 256. The molecule has 92 valence electrons. The van der Waals surface area contributed by atoms with Crippen LogP contribution < -0.4 is 5.32 Å². The maximum atomic E-state index is 11.8. The minimum absolute atomic E-state index is 0.0281. The molecule has 1 aliphatic rings. The van der Waals surface area contributed by atoms with E-state index in [1.54, 1.807) is 0 Å². The number of carbonyl (C=O) groups excluding carboxylic acids is 2. The minimum atomic E-state index is -0.0281. The first-order valence-electron chi connectivity index (χ1n) is 6.01. The number of amides is 2. The number of likely N-dealkylation sites (tertiary alicyclic amines) is 1. The SMILES string of the molecule is CC(=O)CCNC(=O)N1CC(C)CC(C)C1. The third kappa shape index (κ3) is 4.21. The lowest BCUT2D eigenvalue weighted by atomic mass is 9.92. The molecule has 1 fully saturated rings. The van der Waals surface area contributed by atoms with Gasteiger partial charge in [-0.15, -0.1) is 0 Å². The van der Waals surface area contributed by atoms with Gasteiger partial charge in [0.2, 0.25) is 0 Å². The van der Waals surface area contributed by atoms with Gasteiger partial charge in [0.05, 0.1) is 0 Å². The van der Waals surface area contributed by atoms with Crippen LogP contribution in [-0.2, 0) is 4.79 Å². The Balaban J connectivity index is 2.32. The quantitative estimate of drug-likeness (QED) is 0.795. The number of urea groups is 1. The third-order valence-corrected chi connectivity index (χ3v) is 2.91. The molecule has 2 atom stereocenters. The molecule has 16 heavy (non-hydrogen) atoms. The van der Waals surface area contributed by atoms with E-state index in [0.29, 0.717) is 24.8 Å². The fourth-order valence-electron chi connectivity index (χ4n) is 2.29. The van der Waals surface area contributed by atoms with Gasteiger partial charge >= 0.3 is 6.03 Å². The molecular formula is C12H22N2O2. The predicted octanol–water partition coefficient (Wildman–Crippen LogP) is 1.65. The van der Waals surface area contributed by atoms with Crippen LogP contribution in [0.4, 0.5) is 4.79 Å². The zero-order valence-electron chi connectivity index (χ0n) is 10.5. The molecule has 0 aromatic carbocycles. The second-order valence-corrected chi connectivity index (χ2v) is 5.03. The molecule has 0 saturated carbocycles. The summed E-state index contributed by atoms with van der Waals surface area (Å²) in [6, 6.07) is -0.0281. The molecule has 4 heteroatoms. The number of nitrogens with one attached hydrogen (secondary N) is 1. The van der Waals surface area contributed by atoms with Gasteiger partial charge in [-0.2, -0.15) is 0 Å². The highest BCUT2D eigenvalue weighted by molar-refractivity contribution is 5.78. The van der Waals surface area contributed by atoms with Gasteiger partial charge in [-0.3, -0.25) is 4.79 Å². The molecule has 0 aromatic rings. The number of hydrogen-bond acceptors (Lipinski definition) is 2. The first-order valence-corrected chi connectivity index (χ1v) is 6.01. The molecule has 0 bridgehead atoms. The first-order chi connectivity index (χ1) is 7.49. The van der Waals surface area contributed by atoms with Crippen molar-refractivity contribution in [1.82, 2.24) is 10.2 Å². The minimum Gasteiger partial charge on any atom is -0.338 e. The molecule has 0 aromatic heterocycles. The Kier molecular flexibility index (Phi) is 4.77. The van der Waals surface area contributed by atoms with E-state index < -0.39 is 0 Å². The van der Waals surface area contributed by atoms with Gasteiger partial charge in [0.25, 0.3) is 0 Å². The normalized spacial score (nSPS) is 25.3. The van der Waals surface area contributed by atoms with Gasteiger partial charge in [0.1, 0.15) is 5.78 Å². The van der Waals surface area contributed by atoms with Crippen LogP contribution in [-0.4, -0.2) is 36.3 Å². The lowest BCUT2D eigenvalue weighted by molar-refractivity contribution is -0.116. The van der Waals surface area contributed by atoms with E-state index in [0.717, 1.165) is 13.1 Å². The number of ketones is 1. The maximum Gasteiger partial charge on any atom is 0.317 e. The summed E-state index contributed by atoms with van der Waals surface area (Å²) in [4.78, 5) is 24.4. The summed E-state index contributed by atoms with van der Waals surface area (Å²) in [5.41, 5.74) is 0. The second-order valence-electron chi connectivity index (χ2n) is 5.03. The maximum absolute atomic E-state index is 11.8. The van der Waals surface area contributed by atoms with Crippen LogP contribution in [0, 0.1) is 11.8 Å². The average molecular weight is 226 g/mol. The van der Waals surface area contributed by atoms with E-state index in [-0.39, 0.29) is 11.8 Å². The molecule has 4 nitrogen and oxygen atoms in total. The van der Waals surface area contributed by atoms with Crippen LogP contribution in [0.3, 0.4) is 0 Å². The molecule has 0 aliphatic carbocycles. The second kappa shape index (κ2) is 5.87. The molecule has 0 spiro atoms. The lowest BCUT2D eigenvalue weighted by Crippen LogP contribution is -2.47. The number of carbonyl (C=O) groups is 2. The molecular weight excluding hydrogens is 204 g/mol. The first kappa shape index (κ1) is 13.0. The van der Waals surface area contributed by atoms with Crippen molar-refractivity contribution >= 4 is 11.8 Å². The van der Waals surface area contributed by atoms with E-state index >= 15 is 0 Å². The Morgan fingerprint density at radius 2 is 1.81 bits per heavy atom. The number of piperidine rings is 1. The van der Waals surface area contributed by atoms with E-state index in [2.05, 4.69) is 19.2 Å². The number of hydrogen-bond donors (Lipinski definition) is 1. The van der Waals surface area contributed by atoms with Gasteiger partial charge in [-0.05, 0) is 25.2 Å². The largest absolute Gasteiger partial charge is 0.338 e. The highest BCUT2D eigenvalue weighted by Crippen LogP contribution is 2.20.